The molecule has 0 bridgehead atoms. The van der Waals surface area contributed by atoms with E-state index in [9.17, 15) is 4.79 Å². The number of aryl methyl sites for hydroxylation is 1. The fourth-order valence-electron chi connectivity index (χ4n) is 3.02. The van der Waals surface area contributed by atoms with E-state index in [1.807, 2.05) is 24.3 Å². The lowest BCUT2D eigenvalue weighted by molar-refractivity contribution is 0.209. The summed E-state index contributed by atoms with van der Waals surface area (Å²) in [6, 6.07) is 7.19. The molecule has 1 aromatic heterocycles. The molecule has 0 atom stereocenters. The van der Waals surface area contributed by atoms with E-state index in [2.05, 4.69) is 20.7 Å². The number of hydrogen-bond acceptors (Lipinski definition) is 4. The average Bonchev–Trinajstić information content (AvgIpc) is 3.05. The summed E-state index contributed by atoms with van der Waals surface area (Å²) in [7, 11) is 1.79. The molecule has 2 aromatic rings. The quantitative estimate of drug-likeness (QED) is 0.844. The lowest BCUT2D eigenvalue weighted by Crippen LogP contribution is -2.29. The number of rotatable bonds is 6. The number of hydrogen-bond donors (Lipinski definition) is 2. The molecule has 2 amide bonds. The molecule has 0 spiro atoms. The van der Waals surface area contributed by atoms with Crippen molar-refractivity contribution in [1.29, 1.82) is 0 Å². The number of nitrogens with one attached hydrogen (secondary N) is 2. The number of amides is 2. The minimum absolute atomic E-state index is 0.279. The van der Waals surface area contributed by atoms with Gasteiger partial charge in [-0.3, -0.25) is 4.68 Å². The monoisotopic (exact) mass is 343 g/mol. The van der Waals surface area contributed by atoms with Crippen molar-refractivity contribution in [3.05, 3.63) is 36.4 Å². The Kier molecular flexibility index (Phi) is 5.87. The molecule has 25 heavy (non-hydrogen) atoms. The first-order chi connectivity index (χ1) is 12.2. The molecular formula is C18H25N5O2. The Hall–Kier alpha value is -2.57. The Balaban J connectivity index is 1.42. The van der Waals surface area contributed by atoms with Crippen LogP contribution in [-0.2, 0) is 13.6 Å². The van der Waals surface area contributed by atoms with E-state index in [4.69, 9.17) is 4.74 Å². The summed E-state index contributed by atoms with van der Waals surface area (Å²) in [4.78, 5) is 16.0. The van der Waals surface area contributed by atoms with Crippen LogP contribution in [0.1, 0.15) is 37.9 Å². The largest absolute Gasteiger partial charge is 0.493 e. The van der Waals surface area contributed by atoms with Crippen LogP contribution in [0.3, 0.4) is 0 Å². The van der Waals surface area contributed by atoms with Gasteiger partial charge in [-0.2, -0.15) is 5.10 Å². The molecule has 0 unspecified atom stereocenters. The van der Waals surface area contributed by atoms with Gasteiger partial charge in [0.2, 0.25) is 0 Å². The number of anilines is 1. The third kappa shape index (κ3) is 5.20. The fraction of sp³-hybridized carbons (Fsp3) is 0.500. The summed E-state index contributed by atoms with van der Waals surface area (Å²) >= 11 is 0. The third-order valence-corrected chi connectivity index (χ3v) is 4.53. The molecule has 2 N–H and O–H groups in total. The summed E-state index contributed by atoms with van der Waals surface area (Å²) in [5.74, 6) is 2.22. The first-order valence-corrected chi connectivity index (χ1v) is 8.81. The topological polar surface area (TPSA) is 81.1 Å². The second-order valence-electron chi connectivity index (χ2n) is 6.45. The van der Waals surface area contributed by atoms with Crippen molar-refractivity contribution in [3.63, 3.8) is 0 Å². The lowest BCUT2D eigenvalue weighted by atomic mass is 9.90. The third-order valence-electron chi connectivity index (χ3n) is 4.53. The molecule has 3 rings (SSSR count). The van der Waals surface area contributed by atoms with Gasteiger partial charge < -0.3 is 15.4 Å². The maximum atomic E-state index is 11.9. The Morgan fingerprint density at radius 3 is 2.68 bits per heavy atom. The molecule has 1 aromatic carbocycles. The highest BCUT2D eigenvalue weighted by atomic mass is 16.5. The number of urea groups is 1. The van der Waals surface area contributed by atoms with Crippen molar-refractivity contribution >= 4 is 11.7 Å². The van der Waals surface area contributed by atoms with E-state index in [0.717, 1.165) is 18.0 Å². The van der Waals surface area contributed by atoms with Crippen molar-refractivity contribution in [3.8, 4) is 5.75 Å². The van der Waals surface area contributed by atoms with E-state index in [-0.39, 0.29) is 6.03 Å². The van der Waals surface area contributed by atoms with Crippen molar-refractivity contribution in [1.82, 2.24) is 20.1 Å². The average molecular weight is 343 g/mol. The summed E-state index contributed by atoms with van der Waals surface area (Å²) in [6.07, 6.45) is 7.99. The summed E-state index contributed by atoms with van der Waals surface area (Å²) in [5, 5.41) is 9.51. The smallest absolute Gasteiger partial charge is 0.319 e. The van der Waals surface area contributed by atoms with Gasteiger partial charge in [0.25, 0.3) is 0 Å². The number of benzene rings is 1. The van der Waals surface area contributed by atoms with Crippen LogP contribution in [0.5, 0.6) is 5.75 Å². The summed E-state index contributed by atoms with van der Waals surface area (Å²) < 4.78 is 7.49. The fourth-order valence-corrected chi connectivity index (χ4v) is 3.02. The van der Waals surface area contributed by atoms with Gasteiger partial charge in [-0.15, -0.1) is 0 Å². The molecule has 134 valence electrons. The Morgan fingerprint density at radius 2 is 2.00 bits per heavy atom. The van der Waals surface area contributed by atoms with Crippen molar-refractivity contribution < 1.29 is 9.53 Å². The van der Waals surface area contributed by atoms with Crippen molar-refractivity contribution in [2.45, 2.75) is 38.6 Å². The molecule has 1 fully saturated rings. The lowest BCUT2D eigenvalue weighted by Gasteiger charge is -2.21. The SMILES string of the molecule is Cn1ncnc1CNC(=O)Nc1ccc(OCC2CCCCC2)cc1. The Labute approximate surface area is 147 Å². The van der Waals surface area contributed by atoms with Gasteiger partial charge >= 0.3 is 6.03 Å². The Morgan fingerprint density at radius 1 is 1.24 bits per heavy atom. The van der Waals surface area contributed by atoms with Gasteiger partial charge in [0, 0.05) is 12.7 Å². The van der Waals surface area contributed by atoms with Crippen LogP contribution in [0.25, 0.3) is 0 Å². The second kappa shape index (κ2) is 8.50. The first kappa shape index (κ1) is 17.3. The highest BCUT2D eigenvalue weighted by Gasteiger charge is 2.14. The van der Waals surface area contributed by atoms with Crippen LogP contribution < -0.4 is 15.4 Å². The maximum Gasteiger partial charge on any atom is 0.319 e. The number of nitrogens with zero attached hydrogens (tertiary/aromatic N) is 3. The molecule has 0 aliphatic heterocycles. The molecule has 7 nitrogen and oxygen atoms in total. The molecule has 7 heteroatoms. The predicted molar refractivity (Wildman–Crippen MR) is 95.4 cm³/mol. The van der Waals surface area contributed by atoms with Gasteiger partial charge in [0.15, 0.2) is 0 Å². The minimum Gasteiger partial charge on any atom is -0.493 e. The normalized spacial score (nSPS) is 14.9. The van der Waals surface area contributed by atoms with E-state index >= 15 is 0 Å². The van der Waals surface area contributed by atoms with Gasteiger partial charge in [-0.25, -0.2) is 9.78 Å². The van der Waals surface area contributed by atoms with E-state index in [1.165, 1.54) is 38.4 Å². The van der Waals surface area contributed by atoms with Crippen LogP contribution in [0, 0.1) is 5.92 Å². The molecule has 0 radical (unpaired) electrons. The van der Waals surface area contributed by atoms with Crippen LogP contribution in [0.15, 0.2) is 30.6 Å². The second-order valence-corrected chi connectivity index (χ2v) is 6.45. The van der Waals surface area contributed by atoms with Crippen LogP contribution >= 0.6 is 0 Å². The van der Waals surface area contributed by atoms with Crippen LogP contribution in [-0.4, -0.2) is 27.4 Å². The number of aromatic nitrogens is 3. The maximum absolute atomic E-state index is 11.9. The van der Waals surface area contributed by atoms with E-state index in [0.29, 0.717) is 18.3 Å². The summed E-state index contributed by atoms with van der Waals surface area (Å²) in [5.41, 5.74) is 0.723. The molecule has 1 saturated carbocycles. The standard InChI is InChI=1S/C18H25N5O2/c1-23-17(20-13-21-23)11-19-18(24)22-15-7-9-16(10-8-15)25-12-14-5-3-2-4-6-14/h7-10,13-14H,2-6,11-12H2,1H3,(H2,19,22,24). The van der Waals surface area contributed by atoms with Crippen molar-refractivity contribution in [2.75, 3.05) is 11.9 Å². The minimum atomic E-state index is -0.279. The Bertz CT molecular complexity index is 677. The zero-order chi connectivity index (χ0) is 17.5. The number of carbonyl (C=O) groups is 1. The van der Waals surface area contributed by atoms with Gasteiger partial charge in [-0.1, -0.05) is 19.3 Å². The molecular weight excluding hydrogens is 318 g/mol. The highest BCUT2D eigenvalue weighted by Crippen LogP contribution is 2.25. The van der Waals surface area contributed by atoms with E-state index in [1.54, 1.807) is 11.7 Å². The number of ether oxygens (including phenoxy) is 1. The molecule has 1 heterocycles. The van der Waals surface area contributed by atoms with Crippen LogP contribution in [0.2, 0.25) is 0 Å². The first-order valence-electron chi connectivity index (χ1n) is 8.81. The molecule has 1 aliphatic rings. The van der Waals surface area contributed by atoms with Crippen LogP contribution in [0.4, 0.5) is 10.5 Å². The zero-order valence-corrected chi connectivity index (χ0v) is 14.6. The van der Waals surface area contributed by atoms with Gasteiger partial charge in [-0.05, 0) is 43.0 Å². The predicted octanol–water partition coefficient (Wildman–Crippen LogP) is 3.10. The van der Waals surface area contributed by atoms with Gasteiger partial charge in [0.05, 0.1) is 13.2 Å². The molecule has 0 saturated heterocycles. The highest BCUT2D eigenvalue weighted by molar-refractivity contribution is 5.89. The van der Waals surface area contributed by atoms with Crippen molar-refractivity contribution in [2.24, 2.45) is 13.0 Å². The summed E-state index contributed by atoms with van der Waals surface area (Å²) in [6.45, 7) is 1.11. The number of carbonyl (C=O) groups excluding carboxylic acids is 1. The zero-order valence-electron chi connectivity index (χ0n) is 14.6. The molecule has 1 aliphatic carbocycles. The van der Waals surface area contributed by atoms with E-state index < -0.39 is 0 Å². The van der Waals surface area contributed by atoms with Gasteiger partial charge in [0.1, 0.15) is 17.9 Å².